The summed E-state index contributed by atoms with van der Waals surface area (Å²) in [6, 6.07) is 20.7. The van der Waals surface area contributed by atoms with Gasteiger partial charge in [-0.1, -0.05) is 57.3 Å². The molecule has 8 heteroatoms. The zero-order chi connectivity index (χ0) is 22.8. The first-order valence-corrected chi connectivity index (χ1v) is 11.9. The van der Waals surface area contributed by atoms with E-state index in [9.17, 15) is 4.79 Å². The molecule has 1 N–H and O–H groups in total. The fraction of sp³-hybridized carbons (Fsp3) is 0.125. The minimum absolute atomic E-state index is 0.0792. The summed E-state index contributed by atoms with van der Waals surface area (Å²) in [5, 5.41) is 8.13. The number of nitrogens with zero attached hydrogens (tertiary/aromatic N) is 3. The number of carbonyl (C=O) groups is 1. The lowest BCUT2D eigenvalue weighted by molar-refractivity contribution is 0.101. The first-order valence-electron chi connectivity index (χ1n) is 9.91. The summed E-state index contributed by atoms with van der Waals surface area (Å²) in [5.74, 6) is 0.491. The van der Waals surface area contributed by atoms with Gasteiger partial charge in [0.05, 0.1) is 5.69 Å². The van der Waals surface area contributed by atoms with Crippen LogP contribution in [0.15, 0.2) is 75.7 Å². The molecular formula is C24H19Br2ClN4O. The lowest BCUT2D eigenvalue weighted by atomic mass is 10.0. The fourth-order valence-electron chi connectivity index (χ4n) is 3.26. The molecule has 0 bridgehead atoms. The monoisotopic (exact) mass is 572 g/mol. The van der Waals surface area contributed by atoms with Gasteiger partial charge in [-0.15, -0.1) is 5.10 Å². The molecule has 0 saturated carbocycles. The molecule has 1 heterocycles. The van der Waals surface area contributed by atoms with Crippen LogP contribution in [-0.2, 0) is 0 Å². The topological polar surface area (TPSA) is 59.8 Å². The molecule has 0 fully saturated rings. The van der Waals surface area contributed by atoms with E-state index >= 15 is 0 Å². The van der Waals surface area contributed by atoms with Crippen LogP contribution in [0.2, 0.25) is 5.02 Å². The molecule has 0 unspecified atom stereocenters. The average Bonchev–Trinajstić information content (AvgIpc) is 3.21. The third-order valence-corrected chi connectivity index (χ3v) is 6.14. The van der Waals surface area contributed by atoms with Gasteiger partial charge in [-0.05, 0) is 78.2 Å². The van der Waals surface area contributed by atoms with Gasteiger partial charge in [-0.3, -0.25) is 4.79 Å². The van der Waals surface area contributed by atoms with Crippen LogP contribution in [0.5, 0.6) is 0 Å². The minimum Gasteiger partial charge on any atom is -0.319 e. The second-order valence-corrected chi connectivity index (χ2v) is 9.76. The largest absolute Gasteiger partial charge is 0.319 e. The highest BCUT2D eigenvalue weighted by molar-refractivity contribution is 9.10. The maximum Gasteiger partial charge on any atom is 0.295 e. The van der Waals surface area contributed by atoms with E-state index in [1.54, 1.807) is 16.8 Å². The molecular weight excluding hydrogens is 556 g/mol. The molecule has 0 saturated heterocycles. The highest BCUT2D eigenvalue weighted by Crippen LogP contribution is 2.29. The third kappa shape index (κ3) is 4.95. The summed E-state index contributed by atoms with van der Waals surface area (Å²) in [6.07, 6.45) is 0. The van der Waals surface area contributed by atoms with Crippen LogP contribution in [0.25, 0.3) is 17.1 Å². The SMILES string of the molecule is CC(C)c1cc(Br)ccc1NC(=O)c1nc(-c2ccc(Cl)cc2)n(-c2ccc(Br)cc2)n1. The summed E-state index contributed by atoms with van der Waals surface area (Å²) >= 11 is 13.0. The van der Waals surface area contributed by atoms with E-state index in [-0.39, 0.29) is 17.6 Å². The average molecular weight is 575 g/mol. The number of benzene rings is 3. The number of amides is 1. The Morgan fingerprint density at radius 3 is 2.28 bits per heavy atom. The van der Waals surface area contributed by atoms with Crippen molar-refractivity contribution in [2.24, 2.45) is 0 Å². The van der Waals surface area contributed by atoms with Gasteiger partial charge in [-0.25, -0.2) is 9.67 Å². The normalized spacial score (nSPS) is 11.1. The third-order valence-electron chi connectivity index (χ3n) is 4.87. The maximum atomic E-state index is 13.1. The molecule has 5 nitrogen and oxygen atoms in total. The van der Waals surface area contributed by atoms with Crippen molar-refractivity contribution in [1.29, 1.82) is 0 Å². The van der Waals surface area contributed by atoms with E-state index in [1.807, 2.05) is 54.6 Å². The molecule has 0 atom stereocenters. The molecule has 0 aliphatic rings. The fourth-order valence-corrected chi connectivity index (χ4v) is 4.03. The zero-order valence-corrected chi connectivity index (χ0v) is 21.2. The second-order valence-electron chi connectivity index (χ2n) is 7.49. The number of aromatic nitrogens is 3. The highest BCUT2D eigenvalue weighted by atomic mass is 79.9. The van der Waals surface area contributed by atoms with E-state index in [4.69, 9.17) is 11.6 Å². The van der Waals surface area contributed by atoms with Gasteiger partial charge in [0.1, 0.15) is 0 Å². The summed E-state index contributed by atoms with van der Waals surface area (Å²) in [4.78, 5) is 17.7. The van der Waals surface area contributed by atoms with Crippen molar-refractivity contribution in [1.82, 2.24) is 14.8 Å². The van der Waals surface area contributed by atoms with Crippen molar-refractivity contribution in [3.05, 3.63) is 92.1 Å². The standard InChI is InChI=1S/C24H19Br2ClN4O/c1-14(2)20-13-17(26)7-12-21(20)28-24(32)22-29-23(15-3-8-18(27)9-4-15)31(30-22)19-10-5-16(25)6-11-19/h3-14H,1-2H3,(H,28,32). The summed E-state index contributed by atoms with van der Waals surface area (Å²) < 4.78 is 3.57. The predicted octanol–water partition coefficient (Wildman–Crippen LogP) is 7.49. The summed E-state index contributed by atoms with van der Waals surface area (Å²) in [5.41, 5.74) is 3.35. The lowest BCUT2D eigenvalue weighted by Crippen LogP contribution is -2.16. The van der Waals surface area contributed by atoms with E-state index in [0.717, 1.165) is 31.4 Å². The molecule has 1 aromatic heterocycles. The molecule has 0 spiro atoms. The number of hydrogen-bond acceptors (Lipinski definition) is 3. The molecule has 0 radical (unpaired) electrons. The Hall–Kier alpha value is -2.48. The number of halogens is 3. The van der Waals surface area contributed by atoms with Gasteiger partial charge >= 0.3 is 0 Å². The van der Waals surface area contributed by atoms with Crippen LogP contribution in [0.3, 0.4) is 0 Å². The second kappa shape index (κ2) is 9.57. The number of anilines is 1. The van der Waals surface area contributed by atoms with Crippen LogP contribution >= 0.6 is 43.5 Å². The molecule has 1 amide bonds. The molecule has 32 heavy (non-hydrogen) atoms. The van der Waals surface area contributed by atoms with Crippen molar-refractivity contribution in [2.75, 3.05) is 5.32 Å². The van der Waals surface area contributed by atoms with Crippen molar-refractivity contribution in [2.45, 2.75) is 19.8 Å². The number of carbonyl (C=O) groups excluding carboxylic acids is 1. The van der Waals surface area contributed by atoms with Crippen molar-refractivity contribution < 1.29 is 4.79 Å². The van der Waals surface area contributed by atoms with Crippen molar-refractivity contribution >= 4 is 55.1 Å². The molecule has 0 aliphatic carbocycles. The number of hydrogen-bond donors (Lipinski definition) is 1. The van der Waals surface area contributed by atoms with Gasteiger partial charge in [-0.2, -0.15) is 0 Å². The quantitative estimate of drug-likeness (QED) is 0.269. The van der Waals surface area contributed by atoms with Crippen LogP contribution in [0, 0.1) is 0 Å². The van der Waals surface area contributed by atoms with Gasteiger partial charge in [0.25, 0.3) is 5.91 Å². The van der Waals surface area contributed by atoms with E-state index in [0.29, 0.717) is 10.8 Å². The lowest BCUT2D eigenvalue weighted by Gasteiger charge is -2.13. The summed E-state index contributed by atoms with van der Waals surface area (Å²) in [7, 11) is 0. The van der Waals surface area contributed by atoms with Gasteiger partial charge in [0.2, 0.25) is 5.82 Å². The van der Waals surface area contributed by atoms with Crippen LogP contribution in [-0.4, -0.2) is 20.7 Å². The van der Waals surface area contributed by atoms with Gasteiger partial charge in [0, 0.05) is 25.2 Å². The van der Waals surface area contributed by atoms with E-state index in [2.05, 4.69) is 61.1 Å². The van der Waals surface area contributed by atoms with E-state index < -0.39 is 0 Å². The van der Waals surface area contributed by atoms with Crippen molar-refractivity contribution in [3.63, 3.8) is 0 Å². The Morgan fingerprint density at radius 2 is 1.62 bits per heavy atom. The molecule has 3 aromatic carbocycles. The smallest absolute Gasteiger partial charge is 0.295 e. The Bertz CT molecular complexity index is 1210. The first kappa shape index (κ1) is 22.7. The number of nitrogens with one attached hydrogen (secondary N) is 1. The van der Waals surface area contributed by atoms with E-state index in [1.165, 1.54) is 0 Å². The molecule has 0 aliphatic heterocycles. The van der Waals surface area contributed by atoms with Crippen LogP contribution in [0.1, 0.15) is 35.9 Å². The number of rotatable bonds is 5. The Morgan fingerprint density at radius 1 is 0.969 bits per heavy atom. The van der Waals surface area contributed by atoms with Gasteiger partial charge in [0.15, 0.2) is 5.82 Å². The Kier molecular flexibility index (Phi) is 6.79. The molecule has 4 aromatic rings. The van der Waals surface area contributed by atoms with Crippen molar-refractivity contribution in [3.8, 4) is 17.1 Å². The van der Waals surface area contributed by atoms with Crippen LogP contribution in [0.4, 0.5) is 5.69 Å². The maximum absolute atomic E-state index is 13.1. The molecule has 162 valence electrons. The Labute approximate surface area is 208 Å². The minimum atomic E-state index is -0.375. The Balaban J connectivity index is 1.75. The first-order chi connectivity index (χ1) is 15.3. The summed E-state index contributed by atoms with van der Waals surface area (Å²) in [6.45, 7) is 4.16. The highest BCUT2D eigenvalue weighted by Gasteiger charge is 2.20. The molecule has 4 rings (SSSR count). The van der Waals surface area contributed by atoms with Gasteiger partial charge < -0.3 is 5.32 Å². The van der Waals surface area contributed by atoms with Crippen LogP contribution < -0.4 is 5.32 Å². The zero-order valence-electron chi connectivity index (χ0n) is 17.3. The predicted molar refractivity (Wildman–Crippen MR) is 136 cm³/mol.